The molecule has 0 bridgehead atoms. The lowest BCUT2D eigenvalue weighted by molar-refractivity contribution is 0.0742. The van der Waals surface area contributed by atoms with Crippen LogP contribution < -0.4 is 4.90 Å². The van der Waals surface area contributed by atoms with Crippen molar-refractivity contribution < 1.29 is 9.53 Å². The number of carbonyl (C=O) groups excluding carboxylic acids is 1. The molecule has 0 saturated carbocycles. The quantitative estimate of drug-likeness (QED) is 0.792. The molecule has 1 atom stereocenters. The molecule has 2 saturated heterocycles. The minimum absolute atomic E-state index is 0.247. The van der Waals surface area contributed by atoms with Crippen LogP contribution in [-0.4, -0.2) is 58.2 Å². The molecule has 1 spiro atoms. The molecule has 2 aromatic heterocycles. The summed E-state index contributed by atoms with van der Waals surface area (Å²) < 4.78 is 5.59. The van der Waals surface area contributed by atoms with Gasteiger partial charge in [-0.05, 0) is 19.1 Å². The number of likely N-dealkylation sites (N-methyl/N-ethyl adjacent to an activating group) is 1. The Labute approximate surface area is 127 Å². The third-order valence-electron chi connectivity index (χ3n) is 4.36. The van der Waals surface area contributed by atoms with Crippen LogP contribution in [0.3, 0.4) is 0 Å². The molecule has 4 rings (SSSR count). The largest absolute Gasteiger partial charge is 0.439 e. The van der Waals surface area contributed by atoms with Gasteiger partial charge in [0.2, 0.25) is 0 Å². The molecule has 1 amide bonds. The van der Waals surface area contributed by atoms with E-state index < -0.39 is 5.60 Å². The zero-order chi connectivity index (χ0) is 15.3. The van der Waals surface area contributed by atoms with E-state index in [-0.39, 0.29) is 6.09 Å². The molecule has 0 N–H and O–H groups in total. The first-order chi connectivity index (χ1) is 10.6. The number of amides is 1. The van der Waals surface area contributed by atoms with Gasteiger partial charge in [-0.25, -0.2) is 19.7 Å². The maximum Gasteiger partial charge on any atom is 0.410 e. The van der Waals surface area contributed by atoms with E-state index in [4.69, 9.17) is 4.74 Å². The van der Waals surface area contributed by atoms with Crippen molar-refractivity contribution >= 4 is 22.9 Å². The predicted octanol–water partition coefficient (Wildman–Crippen LogP) is 1.36. The highest BCUT2D eigenvalue weighted by molar-refractivity contribution is 5.85. The first-order valence-electron chi connectivity index (χ1n) is 7.34. The molecule has 2 aliphatic rings. The first kappa shape index (κ1) is 13.2. The van der Waals surface area contributed by atoms with Crippen LogP contribution in [0.2, 0.25) is 0 Å². The molecule has 7 heteroatoms. The van der Waals surface area contributed by atoms with Crippen molar-refractivity contribution in [1.82, 2.24) is 19.9 Å². The average Bonchev–Trinajstić information content (AvgIpc) is 3.02. The number of carbonyl (C=O) groups is 1. The third kappa shape index (κ3) is 1.96. The molecular formula is C15H17N5O2. The monoisotopic (exact) mass is 299 g/mol. The van der Waals surface area contributed by atoms with Crippen LogP contribution in [0.15, 0.2) is 18.5 Å². The molecule has 114 valence electrons. The zero-order valence-electron chi connectivity index (χ0n) is 12.6. The summed E-state index contributed by atoms with van der Waals surface area (Å²) in [6.07, 6.45) is 2.12. The second kappa shape index (κ2) is 4.53. The Morgan fingerprint density at radius 2 is 2.14 bits per heavy atom. The second-order valence-corrected chi connectivity index (χ2v) is 6.10. The highest BCUT2D eigenvalue weighted by Crippen LogP contribution is 2.35. The number of ether oxygens (including phenoxy) is 1. The van der Waals surface area contributed by atoms with Crippen LogP contribution in [-0.2, 0) is 4.74 Å². The Balaban J connectivity index is 1.69. The molecule has 0 radical (unpaired) electrons. The zero-order valence-corrected chi connectivity index (χ0v) is 12.6. The van der Waals surface area contributed by atoms with Gasteiger partial charge >= 0.3 is 6.09 Å². The van der Waals surface area contributed by atoms with Crippen LogP contribution in [0, 0.1) is 6.92 Å². The van der Waals surface area contributed by atoms with E-state index in [0.29, 0.717) is 13.1 Å². The Morgan fingerprint density at radius 3 is 2.91 bits per heavy atom. The van der Waals surface area contributed by atoms with Gasteiger partial charge in [0.25, 0.3) is 0 Å². The topological polar surface area (TPSA) is 71.5 Å². The SMILES string of the molecule is Cc1ccc2ncnc(N3CCC4(CN(C)C(=O)O4)C3)c2n1. The lowest BCUT2D eigenvalue weighted by Crippen LogP contribution is -2.37. The summed E-state index contributed by atoms with van der Waals surface area (Å²) in [7, 11) is 1.77. The van der Waals surface area contributed by atoms with E-state index in [0.717, 1.165) is 35.5 Å². The standard InChI is InChI=1S/C15H17N5O2/c1-10-3-4-11-12(18-10)13(17-9-16-11)20-6-5-15(8-20)7-19(2)14(21)22-15/h3-4,9H,5-8H2,1-2H3. The molecule has 2 aromatic rings. The van der Waals surface area contributed by atoms with Crippen LogP contribution >= 0.6 is 0 Å². The third-order valence-corrected chi connectivity index (χ3v) is 4.36. The molecule has 2 aliphatic heterocycles. The number of nitrogens with zero attached hydrogens (tertiary/aromatic N) is 5. The summed E-state index contributed by atoms with van der Waals surface area (Å²) in [4.78, 5) is 28.7. The van der Waals surface area contributed by atoms with Crippen molar-refractivity contribution in [2.24, 2.45) is 0 Å². The van der Waals surface area contributed by atoms with E-state index in [2.05, 4.69) is 19.9 Å². The van der Waals surface area contributed by atoms with Gasteiger partial charge in [-0.15, -0.1) is 0 Å². The number of pyridine rings is 1. The highest BCUT2D eigenvalue weighted by atomic mass is 16.6. The van der Waals surface area contributed by atoms with Gasteiger partial charge in [0, 0.05) is 25.7 Å². The Hall–Kier alpha value is -2.44. The second-order valence-electron chi connectivity index (χ2n) is 6.10. The number of rotatable bonds is 1. The van der Waals surface area contributed by atoms with Gasteiger partial charge in [0.05, 0.1) is 18.6 Å². The minimum atomic E-state index is -0.424. The Bertz CT molecular complexity index is 765. The molecule has 1 unspecified atom stereocenters. The maximum absolute atomic E-state index is 11.7. The van der Waals surface area contributed by atoms with E-state index in [1.165, 1.54) is 0 Å². The fraction of sp³-hybridized carbons (Fsp3) is 0.467. The van der Waals surface area contributed by atoms with Gasteiger partial charge in [-0.3, -0.25) is 0 Å². The molecule has 7 nitrogen and oxygen atoms in total. The van der Waals surface area contributed by atoms with Crippen molar-refractivity contribution in [1.29, 1.82) is 0 Å². The summed E-state index contributed by atoms with van der Waals surface area (Å²) in [6, 6.07) is 3.90. The first-order valence-corrected chi connectivity index (χ1v) is 7.34. The predicted molar refractivity (Wildman–Crippen MR) is 80.7 cm³/mol. The van der Waals surface area contributed by atoms with Crippen molar-refractivity contribution in [3.05, 3.63) is 24.2 Å². The Morgan fingerprint density at radius 1 is 1.27 bits per heavy atom. The number of hydrogen-bond acceptors (Lipinski definition) is 6. The fourth-order valence-corrected chi connectivity index (χ4v) is 3.29. The van der Waals surface area contributed by atoms with Crippen LogP contribution in [0.5, 0.6) is 0 Å². The van der Waals surface area contributed by atoms with Crippen LogP contribution in [0.1, 0.15) is 12.1 Å². The van der Waals surface area contributed by atoms with Crippen molar-refractivity contribution in [3.8, 4) is 0 Å². The molecule has 0 aliphatic carbocycles. The molecular weight excluding hydrogens is 282 g/mol. The van der Waals surface area contributed by atoms with Crippen molar-refractivity contribution in [2.45, 2.75) is 18.9 Å². The number of aromatic nitrogens is 3. The molecule has 22 heavy (non-hydrogen) atoms. The Kier molecular flexibility index (Phi) is 2.72. The molecule has 0 aromatic carbocycles. The summed E-state index contributed by atoms with van der Waals surface area (Å²) in [5.41, 5.74) is 2.14. The molecule has 4 heterocycles. The normalized spacial score (nSPS) is 24.5. The number of anilines is 1. The lowest BCUT2D eigenvalue weighted by Gasteiger charge is -2.22. The summed E-state index contributed by atoms with van der Waals surface area (Å²) in [6.45, 7) is 4.01. The van der Waals surface area contributed by atoms with E-state index >= 15 is 0 Å². The van der Waals surface area contributed by atoms with Crippen molar-refractivity contribution in [3.63, 3.8) is 0 Å². The van der Waals surface area contributed by atoms with E-state index in [9.17, 15) is 4.79 Å². The van der Waals surface area contributed by atoms with Gasteiger partial charge < -0.3 is 14.5 Å². The summed E-state index contributed by atoms with van der Waals surface area (Å²) >= 11 is 0. The lowest BCUT2D eigenvalue weighted by atomic mass is 10.0. The van der Waals surface area contributed by atoms with Crippen LogP contribution in [0.25, 0.3) is 11.0 Å². The summed E-state index contributed by atoms with van der Waals surface area (Å²) in [5, 5.41) is 0. The van der Waals surface area contributed by atoms with Crippen LogP contribution in [0.4, 0.5) is 10.6 Å². The van der Waals surface area contributed by atoms with E-state index in [1.54, 1.807) is 18.3 Å². The number of hydrogen-bond donors (Lipinski definition) is 0. The highest BCUT2D eigenvalue weighted by Gasteiger charge is 2.49. The number of fused-ring (bicyclic) bond motifs is 1. The summed E-state index contributed by atoms with van der Waals surface area (Å²) in [5.74, 6) is 0.816. The van der Waals surface area contributed by atoms with Crippen molar-refractivity contribution in [2.75, 3.05) is 31.6 Å². The van der Waals surface area contributed by atoms with Gasteiger partial charge in [-0.2, -0.15) is 0 Å². The van der Waals surface area contributed by atoms with Gasteiger partial charge in [0.1, 0.15) is 11.8 Å². The van der Waals surface area contributed by atoms with E-state index in [1.807, 2.05) is 19.1 Å². The minimum Gasteiger partial charge on any atom is -0.439 e. The number of aryl methyl sites for hydroxylation is 1. The van der Waals surface area contributed by atoms with Gasteiger partial charge in [0.15, 0.2) is 11.4 Å². The smallest absolute Gasteiger partial charge is 0.410 e. The fourth-order valence-electron chi connectivity index (χ4n) is 3.29. The average molecular weight is 299 g/mol. The maximum atomic E-state index is 11.7. The van der Waals surface area contributed by atoms with Gasteiger partial charge in [-0.1, -0.05) is 0 Å². The molecule has 2 fully saturated rings.